The number of ether oxygens (including phenoxy) is 1. The van der Waals surface area contributed by atoms with Crippen LogP contribution in [0.1, 0.15) is 25.0 Å². The molecule has 0 aliphatic carbocycles. The van der Waals surface area contributed by atoms with Crippen molar-refractivity contribution < 1.29 is 14.3 Å². The molecular weight excluding hydrogens is 254 g/mol. The van der Waals surface area contributed by atoms with Crippen LogP contribution in [0.2, 0.25) is 0 Å². The summed E-state index contributed by atoms with van der Waals surface area (Å²) in [5, 5.41) is 1.09. The van der Waals surface area contributed by atoms with E-state index >= 15 is 0 Å². The van der Waals surface area contributed by atoms with Crippen molar-refractivity contribution in [2.24, 2.45) is 0 Å². The number of hydrogen-bond acceptors (Lipinski definition) is 4. The monoisotopic (exact) mass is 271 g/mol. The zero-order chi connectivity index (χ0) is 14.4. The molecule has 20 heavy (non-hydrogen) atoms. The van der Waals surface area contributed by atoms with Crippen molar-refractivity contribution in [3.05, 3.63) is 42.1 Å². The van der Waals surface area contributed by atoms with E-state index in [2.05, 4.69) is 9.72 Å². The molecule has 0 bridgehead atoms. The van der Waals surface area contributed by atoms with Gasteiger partial charge in [0.1, 0.15) is 5.78 Å². The number of pyridine rings is 1. The topological polar surface area (TPSA) is 56.3 Å². The first-order valence-corrected chi connectivity index (χ1v) is 6.62. The van der Waals surface area contributed by atoms with Gasteiger partial charge in [-0.05, 0) is 18.6 Å². The predicted molar refractivity (Wildman–Crippen MR) is 76.3 cm³/mol. The molecule has 0 saturated heterocycles. The smallest absolute Gasteiger partial charge is 0.305 e. The normalized spacial score (nSPS) is 10.4. The summed E-state index contributed by atoms with van der Waals surface area (Å²) in [7, 11) is 1.33. The average molecular weight is 271 g/mol. The van der Waals surface area contributed by atoms with Crippen molar-refractivity contribution >= 4 is 22.7 Å². The fourth-order valence-electron chi connectivity index (χ4n) is 1.98. The number of carbonyl (C=O) groups excluding carboxylic acids is 2. The van der Waals surface area contributed by atoms with E-state index in [9.17, 15) is 9.59 Å². The molecule has 0 radical (unpaired) electrons. The molecule has 4 nitrogen and oxygen atoms in total. The molecular formula is C16H17NO3. The van der Waals surface area contributed by atoms with Crippen molar-refractivity contribution in [2.45, 2.75) is 25.7 Å². The van der Waals surface area contributed by atoms with Crippen LogP contribution in [-0.4, -0.2) is 23.8 Å². The molecule has 2 rings (SSSR count). The molecule has 0 fully saturated rings. The molecule has 0 amide bonds. The van der Waals surface area contributed by atoms with Gasteiger partial charge in [-0.3, -0.25) is 14.6 Å². The van der Waals surface area contributed by atoms with Crippen molar-refractivity contribution in [2.75, 3.05) is 7.11 Å². The second kappa shape index (κ2) is 6.80. The first-order chi connectivity index (χ1) is 9.69. The lowest BCUT2D eigenvalue weighted by Crippen LogP contribution is -2.06. The number of aromatic nitrogens is 1. The third kappa shape index (κ3) is 3.88. The van der Waals surface area contributed by atoms with Gasteiger partial charge in [-0.2, -0.15) is 0 Å². The Balaban J connectivity index is 1.89. The predicted octanol–water partition coefficient (Wildman–Crippen LogP) is 2.69. The van der Waals surface area contributed by atoms with Gasteiger partial charge in [-0.25, -0.2) is 0 Å². The Hall–Kier alpha value is -2.23. The molecule has 2 aromatic rings. The number of benzene rings is 1. The number of esters is 1. The summed E-state index contributed by atoms with van der Waals surface area (Å²) in [6.45, 7) is 0. The number of rotatable bonds is 6. The Morgan fingerprint density at radius 3 is 2.65 bits per heavy atom. The van der Waals surface area contributed by atoms with Crippen LogP contribution in [-0.2, 0) is 20.7 Å². The van der Waals surface area contributed by atoms with Gasteiger partial charge >= 0.3 is 5.97 Å². The molecule has 0 saturated carbocycles. The summed E-state index contributed by atoms with van der Waals surface area (Å²) in [5.41, 5.74) is 1.84. The maximum absolute atomic E-state index is 11.7. The van der Waals surface area contributed by atoms with E-state index in [0.29, 0.717) is 12.8 Å². The minimum atomic E-state index is -0.345. The zero-order valence-corrected chi connectivity index (χ0v) is 11.5. The van der Waals surface area contributed by atoms with E-state index in [1.54, 1.807) is 0 Å². The van der Waals surface area contributed by atoms with Crippen LogP contribution in [0.15, 0.2) is 36.4 Å². The summed E-state index contributed by atoms with van der Waals surface area (Å²) in [6.07, 6.45) is 1.40. The maximum atomic E-state index is 11.7. The number of aryl methyl sites for hydroxylation is 1. The van der Waals surface area contributed by atoms with Crippen LogP contribution in [0.5, 0.6) is 0 Å². The highest BCUT2D eigenvalue weighted by Crippen LogP contribution is 2.13. The summed E-state index contributed by atoms with van der Waals surface area (Å²) >= 11 is 0. The van der Waals surface area contributed by atoms with Gasteiger partial charge in [0.05, 0.1) is 19.0 Å². The fourth-order valence-corrected chi connectivity index (χ4v) is 1.98. The highest BCUT2D eigenvalue weighted by molar-refractivity contribution is 5.83. The number of methoxy groups -OCH3 is 1. The average Bonchev–Trinajstić information content (AvgIpc) is 2.50. The lowest BCUT2D eigenvalue weighted by Gasteiger charge is -2.03. The molecule has 1 aromatic heterocycles. The Kier molecular flexibility index (Phi) is 4.82. The van der Waals surface area contributed by atoms with E-state index in [-0.39, 0.29) is 24.6 Å². The number of para-hydroxylation sites is 1. The minimum Gasteiger partial charge on any atom is -0.469 e. The lowest BCUT2D eigenvalue weighted by molar-refractivity contribution is -0.141. The second-order valence-corrected chi connectivity index (χ2v) is 4.61. The van der Waals surface area contributed by atoms with Crippen molar-refractivity contribution in [1.29, 1.82) is 0 Å². The van der Waals surface area contributed by atoms with Gasteiger partial charge in [0, 0.05) is 23.9 Å². The molecule has 0 N–H and O–H groups in total. The number of carbonyl (C=O) groups is 2. The summed E-state index contributed by atoms with van der Waals surface area (Å²) in [6, 6.07) is 11.8. The van der Waals surface area contributed by atoms with Gasteiger partial charge in [-0.15, -0.1) is 0 Å². The van der Waals surface area contributed by atoms with Crippen LogP contribution in [0.4, 0.5) is 0 Å². The summed E-state index contributed by atoms with van der Waals surface area (Å²) < 4.78 is 4.51. The SMILES string of the molecule is COC(=O)CCC(=O)CCc1ccc2ccccc2n1. The number of nitrogens with zero attached hydrogens (tertiary/aromatic N) is 1. The Bertz CT molecular complexity index is 622. The maximum Gasteiger partial charge on any atom is 0.305 e. The van der Waals surface area contributed by atoms with E-state index in [4.69, 9.17) is 0 Å². The third-order valence-corrected chi connectivity index (χ3v) is 3.15. The minimum absolute atomic E-state index is 0.0605. The van der Waals surface area contributed by atoms with Gasteiger partial charge in [0.2, 0.25) is 0 Å². The van der Waals surface area contributed by atoms with Crippen molar-refractivity contribution in [3.8, 4) is 0 Å². The standard InChI is InChI=1S/C16H17NO3/c1-20-16(19)11-10-14(18)9-8-13-7-6-12-4-2-3-5-15(12)17-13/h2-7H,8-11H2,1H3. The van der Waals surface area contributed by atoms with E-state index in [1.807, 2.05) is 36.4 Å². The number of ketones is 1. The van der Waals surface area contributed by atoms with Gasteiger partial charge < -0.3 is 4.74 Å². The molecule has 1 aromatic carbocycles. The fraction of sp³-hybridized carbons (Fsp3) is 0.312. The Morgan fingerprint density at radius 1 is 1.05 bits per heavy atom. The second-order valence-electron chi connectivity index (χ2n) is 4.61. The number of Topliss-reactive ketones (excluding diaryl/α,β-unsaturated/α-hetero) is 1. The van der Waals surface area contributed by atoms with Gasteiger partial charge in [-0.1, -0.05) is 24.3 Å². The molecule has 0 unspecified atom stereocenters. The van der Waals surface area contributed by atoms with E-state index in [0.717, 1.165) is 16.6 Å². The quantitative estimate of drug-likeness (QED) is 0.758. The largest absolute Gasteiger partial charge is 0.469 e. The van der Waals surface area contributed by atoms with Crippen molar-refractivity contribution in [3.63, 3.8) is 0 Å². The van der Waals surface area contributed by atoms with Crippen molar-refractivity contribution in [1.82, 2.24) is 4.98 Å². The zero-order valence-electron chi connectivity index (χ0n) is 11.5. The highest BCUT2D eigenvalue weighted by Gasteiger charge is 2.08. The van der Waals surface area contributed by atoms with Crippen LogP contribution < -0.4 is 0 Å². The summed E-state index contributed by atoms with van der Waals surface area (Å²) in [4.78, 5) is 27.1. The molecule has 104 valence electrons. The Labute approximate surface area is 117 Å². The first-order valence-electron chi connectivity index (χ1n) is 6.62. The van der Waals surface area contributed by atoms with E-state index in [1.165, 1.54) is 7.11 Å². The first kappa shape index (κ1) is 14.2. The molecule has 0 spiro atoms. The summed E-state index contributed by atoms with van der Waals surface area (Å²) in [5.74, 6) is -0.285. The highest BCUT2D eigenvalue weighted by atomic mass is 16.5. The van der Waals surface area contributed by atoms with Crippen LogP contribution in [0.25, 0.3) is 10.9 Å². The van der Waals surface area contributed by atoms with Gasteiger partial charge in [0.25, 0.3) is 0 Å². The van der Waals surface area contributed by atoms with Crippen LogP contribution >= 0.6 is 0 Å². The Morgan fingerprint density at radius 2 is 1.85 bits per heavy atom. The van der Waals surface area contributed by atoms with Crippen LogP contribution in [0.3, 0.4) is 0 Å². The lowest BCUT2D eigenvalue weighted by atomic mass is 10.1. The molecule has 0 atom stereocenters. The van der Waals surface area contributed by atoms with Crippen LogP contribution in [0, 0.1) is 0 Å². The van der Waals surface area contributed by atoms with E-state index < -0.39 is 0 Å². The molecule has 0 aliphatic heterocycles. The number of fused-ring (bicyclic) bond motifs is 1. The van der Waals surface area contributed by atoms with Gasteiger partial charge in [0.15, 0.2) is 0 Å². The number of hydrogen-bond donors (Lipinski definition) is 0. The molecule has 1 heterocycles. The molecule has 4 heteroatoms. The third-order valence-electron chi connectivity index (χ3n) is 3.15. The molecule has 0 aliphatic rings.